The van der Waals surface area contributed by atoms with E-state index >= 15 is 0 Å². The first-order valence-corrected chi connectivity index (χ1v) is 6.76. The molecule has 0 saturated carbocycles. The van der Waals surface area contributed by atoms with Crippen LogP contribution in [0, 0.1) is 17.2 Å². The fourth-order valence-electron chi connectivity index (χ4n) is 2.57. The standard InChI is InChI=1S/C17H16N2O/c1-12-11-20-16-8-3-2-7-15(16)17(12)19-14-6-4-5-13(9-14)10-18/h2-9,12,17,19H,11H2,1H3. The lowest BCUT2D eigenvalue weighted by Gasteiger charge is -2.32. The van der Waals surface area contributed by atoms with E-state index in [1.54, 1.807) is 0 Å². The second-order valence-corrected chi connectivity index (χ2v) is 5.14. The molecule has 0 bridgehead atoms. The van der Waals surface area contributed by atoms with Gasteiger partial charge in [-0.3, -0.25) is 0 Å². The van der Waals surface area contributed by atoms with Crippen molar-refractivity contribution in [3.05, 3.63) is 59.7 Å². The van der Waals surface area contributed by atoms with Crippen LogP contribution in [-0.2, 0) is 0 Å². The number of benzene rings is 2. The number of nitrogens with zero attached hydrogens (tertiary/aromatic N) is 1. The molecule has 1 aliphatic rings. The van der Waals surface area contributed by atoms with Crippen molar-refractivity contribution >= 4 is 5.69 Å². The molecule has 0 aromatic heterocycles. The molecule has 3 heteroatoms. The van der Waals surface area contributed by atoms with Gasteiger partial charge in [0, 0.05) is 17.2 Å². The van der Waals surface area contributed by atoms with Gasteiger partial charge in [-0.1, -0.05) is 31.2 Å². The topological polar surface area (TPSA) is 45.0 Å². The monoisotopic (exact) mass is 264 g/mol. The number of rotatable bonds is 2. The third-order valence-corrected chi connectivity index (χ3v) is 3.64. The summed E-state index contributed by atoms with van der Waals surface area (Å²) in [7, 11) is 0. The highest BCUT2D eigenvalue weighted by Gasteiger charge is 2.27. The lowest BCUT2D eigenvalue weighted by Crippen LogP contribution is -2.28. The zero-order valence-electron chi connectivity index (χ0n) is 11.3. The van der Waals surface area contributed by atoms with Gasteiger partial charge >= 0.3 is 0 Å². The zero-order valence-corrected chi connectivity index (χ0v) is 11.3. The van der Waals surface area contributed by atoms with Gasteiger partial charge in [0.2, 0.25) is 0 Å². The summed E-state index contributed by atoms with van der Waals surface area (Å²) in [6.07, 6.45) is 0. The van der Waals surface area contributed by atoms with Crippen LogP contribution in [0.15, 0.2) is 48.5 Å². The minimum atomic E-state index is 0.203. The number of fused-ring (bicyclic) bond motifs is 1. The number of hydrogen-bond donors (Lipinski definition) is 1. The van der Waals surface area contributed by atoms with Gasteiger partial charge < -0.3 is 10.1 Å². The van der Waals surface area contributed by atoms with Crippen molar-refractivity contribution in [2.24, 2.45) is 5.92 Å². The quantitative estimate of drug-likeness (QED) is 0.898. The van der Waals surface area contributed by atoms with Crippen LogP contribution >= 0.6 is 0 Å². The highest BCUT2D eigenvalue weighted by molar-refractivity contribution is 5.52. The Morgan fingerprint density at radius 1 is 1.20 bits per heavy atom. The highest BCUT2D eigenvalue weighted by atomic mass is 16.5. The average Bonchev–Trinajstić information content (AvgIpc) is 2.50. The molecule has 2 unspecified atom stereocenters. The molecule has 2 atom stereocenters. The van der Waals surface area contributed by atoms with Crippen LogP contribution in [0.5, 0.6) is 5.75 Å². The predicted molar refractivity (Wildman–Crippen MR) is 78.6 cm³/mol. The van der Waals surface area contributed by atoms with Crippen molar-refractivity contribution in [3.8, 4) is 11.8 Å². The van der Waals surface area contributed by atoms with E-state index in [-0.39, 0.29) is 6.04 Å². The molecule has 20 heavy (non-hydrogen) atoms. The Morgan fingerprint density at radius 2 is 2.05 bits per heavy atom. The van der Waals surface area contributed by atoms with E-state index in [9.17, 15) is 0 Å². The highest BCUT2D eigenvalue weighted by Crippen LogP contribution is 2.37. The largest absolute Gasteiger partial charge is 0.493 e. The Balaban J connectivity index is 1.92. The predicted octanol–water partition coefficient (Wildman–Crippen LogP) is 3.74. The molecule has 3 nitrogen and oxygen atoms in total. The Labute approximate surface area is 118 Å². The van der Waals surface area contributed by atoms with Crippen molar-refractivity contribution < 1.29 is 4.74 Å². The van der Waals surface area contributed by atoms with Crippen LogP contribution < -0.4 is 10.1 Å². The lowest BCUT2D eigenvalue weighted by molar-refractivity contribution is 0.214. The molecule has 0 aliphatic carbocycles. The molecule has 1 N–H and O–H groups in total. The molecule has 0 spiro atoms. The number of hydrogen-bond acceptors (Lipinski definition) is 3. The minimum absolute atomic E-state index is 0.203. The van der Waals surface area contributed by atoms with Crippen molar-refractivity contribution in [2.75, 3.05) is 11.9 Å². The molecule has 3 rings (SSSR count). The Bertz CT molecular complexity index is 660. The molecule has 2 aromatic rings. The first kappa shape index (κ1) is 12.6. The van der Waals surface area contributed by atoms with Gasteiger partial charge in [-0.05, 0) is 24.3 Å². The number of nitrogens with one attached hydrogen (secondary N) is 1. The van der Waals surface area contributed by atoms with Gasteiger partial charge in [-0.2, -0.15) is 5.26 Å². The molecular formula is C17H16N2O. The molecular weight excluding hydrogens is 248 g/mol. The summed E-state index contributed by atoms with van der Waals surface area (Å²) >= 11 is 0. The van der Waals surface area contributed by atoms with E-state index in [1.807, 2.05) is 42.5 Å². The lowest BCUT2D eigenvalue weighted by atomic mass is 9.92. The van der Waals surface area contributed by atoms with Crippen LogP contribution in [0.1, 0.15) is 24.1 Å². The van der Waals surface area contributed by atoms with Crippen LogP contribution in [0.25, 0.3) is 0 Å². The van der Waals surface area contributed by atoms with Gasteiger partial charge in [0.25, 0.3) is 0 Å². The zero-order chi connectivity index (χ0) is 13.9. The van der Waals surface area contributed by atoms with Crippen LogP contribution in [0.4, 0.5) is 5.69 Å². The average molecular weight is 264 g/mol. The molecule has 2 aromatic carbocycles. The van der Waals surface area contributed by atoms with E-state index in [2.05, 4.69) is 24.4 Å². The summed E-state index contributed by atoms with van der Waals surface area (Å²) in [6, 6.07) is 18.1. The van der Waals surface area contributed by atoms with Crippen LogP contribution in [-0.4, -0.2) is 6.61 Å². The summed E-state index contributed by atoms with van der Waals surface area (Å²) in [5, 5.41) is 12.5. The first-order chi connectivity index (χ1) is 9.78. The summed E-state index contributed by atoms with van der Waals surface area (Å²) in [5.74, 6) is 1.31. The van der Waals surface area contributed by atoms with Gasteiger partial charge in [0.1, 0.15) is 5.75 Å². The molecule has 100 valence electrons. The Kier molecular flexibility index (Phi) is 3.30. The first-order valence-electron chi connectivity index (χ1n) is 6.76. The number of nitriles is 1. The Hall–Kier alpha value is -2.47. The van der Waals surface area contributed by atoms with E-state index < -0.39 is 0 Å². The third-order valence-electron chi connectivity index (χ3n) is 3.64. The fourth-order valence-corrected chi connectivity index (χ4v) is 2.57. The van der Waals surface area contributed by atoms with E-state index in [1.165, 1.54) is 5.56 Å². The fraction of sp³-hybridized carbons (Fsp3) is 0.235. The summed E-state index contributed by atoms with van der Waals surface area (Å²) in [5.41, 5.74) is 2.81. The molecule has 0 amide bonds. The smallest absolute Gasteiger partial charge is 0.124 e. The molecule has 1 aliphatic heterocycles. The van der Waals surface area contributed by atoms with Gasteiger partial charge in [-0.15, -0.1) is 0 Å². The van der Waals surface area contributed by atoms with Crippen molar-refractivity contribution in [3.63, 3.8) is 0 Å². The third kappa shape index (κ3) is 2.33. The summed E-state index contributed by atoms with van der Waals surface area (Å²) < 4.78 is 5.76. The minimum Gasteiger partial charge on any atom is -0.493 e. The maximum atomic E-state index is 8.98. The molecule has 1 heterocycles. The van der Waals surface area contributed by atoms with Crippen molar-refractivity contribution in [1.29, 1.82) is 5.26 Å². The van der Waals surface area contributed by atoms with Gasteiger partial charge in [-0.25, -0.2) is 0 Å². The van der Waals surface area contributed by atoms with Gasteiger partial charge in [0.05, 0.1) is 24.3 Å². The SMILES string of the molecule is CC1COc2ccccc2C1Nc1cccc(C#N)c1. The number of ether oxygens (including phenoxy) is 1. The van der Waals surface area contributed by atoms with Crippen LogP contribution in [0.2, 0.25) is 0 Å². The second kappa shape index (κ2) is 5.26. The van der Waals surface area contributed by atoms with Crippen molar-refractivity contribution in [1.82, 2.24) is 0 Å². The maximum Gasteiger partial charge on any atom is 0.124 e. The van der Waals surface area contributed by atoms with Gasteiger partial charge in [0.15, 0.2) is 0 Å². The van der Waals surface area contributed by atoms with E-state index in [0.29, 0.717) is 18.1 Å². The van der Waals surface area contributed by atoms with E-state index in [4.69, 9.17) is 10.00 Å². The van der Waals surface area contributed by atoms with Crippen LogP contribution in [0.3, 0.4) is 0 Å². The molecule has 0 saturated heterocycles. The number of anilines is 1. The molecule has 0 fully saturated rings. The Morgan fingerprint density at radius 3 is 2.90 bits per heavy atom. The normalized spacial score (nSPS) is 20.4. The van der Waals surface area contributed by atoms with E-state index in [0.717, 1.165) is 11.4 Å². The number of para-hydroxylation sites is 1. The van der Waals surface area contributed by atoms with Crippen molar-refractivity contribution in [2.45, 2.75) is 13.0 Å². The summed E-state index contributed by atoms with van der Waals surface area (Å²) in [4.78, 5) is 0. The maximum absolute atomic E-state index is 8.98. The summed E-state index contributed by atoms with van der Waals surface area (Å²) in [6.45, 7) is 2.87. The molecule has 0 radical (unpaired) electrons. The second-order valence-electron chi connectivity index (χ2n) is 5.14.